The fraction of sp³-hybridized carbons (Fsp3) is 0.105. The van der Waals surface area contributed by atoms with E-state index in [0.717, 1.165) is 14.5 Å². The molecule has 27 heavy (non-hydrogen) atoms. The lowest BCUT2D eigenvalue weighted by Crippen LogP contribution is -2.04. The normalized spacial score (nSPS) is 10.1. The fourth-order valence-electron chi connectivity index (χ4n) is 1.98. The molecule has 5 nitrogen and oxygen atoms in total. The summed E-state index contributed by atoms with van der Waals surface area (Å²) in [4.78, 5) is 11.8. The summed E-state index contributed by atoms with van der Waals surface area (Å²) >= 11 is 8.10. The number of ether oxygens (including phenoxy) is 1. The minimum absolute atomic E-state index is 0.0293. The number of thioether (sulfide) groups is 1. The van der Waals surface area contributed by atoms with Crippen molar-refractivity contribution in [3.63, 3.8) is 0 Å². The molecule has 0 amide bonds. The van der Waals surface area contributed by atoms with E-state index in [0.29, 0.717) is 22.4 Å². The number of esters is 1. The highest BCUT2D eigenvalue weighted by Crippen LogP contribution is 2.28. The van der Waals surface area contributed by atoms with Crippen molar-refractivity contribution in [2.45, 2.75) is 5.22 Å². The Labute approximate surface area is 177 Å². The molecule has 3 rings (SSSR count). The van der Waals surface area contributed by atoms with Gasteiger partial charge in [0.15, 0.2) is 6.61 Å². The van der Waals surface area contributed by atoms with Gasteiger partial charge in [-0.2, -0.15) is 0 Å². The third-order valence-electron chi connectivity index (χ3n) is 3.26. The van der Waals surface area contributed by atoms with Crippen LogP contribution in [0.3, 0.4) is 0 Å². The maximum Gasteiger partial charge on any atom is 0.339 e. The third-order valence-corrected chi connectivity index (χ3v) is 5.18. The molecule has 0 aliphatic rings. The first-order valence-electron chi connectivity index (χ1n) is 7.73. The van der Waals surface area contributed by atoms with E-state index in [2.05, 4.69) is 53.9 Å². The Bertz CT molecular complexity index is 994. The zero-order chi connectivity index (χ0) is 19.1. The van der Waals surface area contributed by atoms with Crippen LogP contribution < -0.4 is 0 Å². The molecule has 8 heteroatoms. The Hall–Kier alpha value is -2.08. The highest BCUT2D eigenvalue weighted by molar-refractivity contribution is 9.10. The number of nitrogens with zero attached hydrogens (tertiary/aromatic N) is 2. The summed E-state index contributed by atoms with van der Waals surface area (Å²) in [6.45, 7) is 0.0293. The van der Waals surface area contributed by atoms with Crippen LogP contribution >= 0.6 is 43.6 Å². The first-order valence-corrected chi connectivity index (χ1v) is 10.3. The molecule has 0 atom stereocenters. The number of carbonyl (C=O) groups excluding carboxylic acids is 1. The van der Waals surface area contributed by atoms with Gasteiger partial charge >= 0.3 is 5.97 Å². The quantitative estimate of drug-likeness (QED) is 0.268. The molecule has 1 heterocycles. The van der Waals surface area contributed by atoms with Crippen LogP contribution in [-0.2, 0) is 4.74 Å². The van der Waals surface area contributed by atoms with Gasteiger partial charge in [0.05, 0.1) is 16.9 Å². The first-order chi connectivity index (χ1) is 13.1. The summed E-state index contributed by atoms with van der Waals surface area (Å²) in [7, 11) is 0. The Kier molecular flexibility index (Phi) is 7.10. The molecule has 0 bridgehead atoms. The van der Waals surface area contributed by atoms with Gasteiger partial charge in [0, 0.05) is 8.95 Å². The predicted octanol–water partition coefficient (Wildman–Crippen LogP) is 5.21. The highest BCUT2D eigenvalue weighted by Gasteiger charge is 2.11. The van der Waals surface area contributed by atoms with Crippen molar-refractivity contribution < 1.29 is 13.9 Å². The molecule has 0 aliphatic heterocycles. The molecule has 136 valence electrons. The summed E-state index contributed by atoms with van der Waals surface area (Å²) in [5.41, 5.74) is 1.32. The van der Waals surface area contributed by atoms with Crippen molar-refractivity contribution in [3.05, 3.63) is 63.0 Å². The van der Waals surface area contributed by atoms with Crippen molar-refractivity contribution in [3.8, 4) is 23.3 Å². The van der Waals surface area contributed by atoms with Crippen molar-refractivity contribution in [2.24, 2.45) is 0 Å². The van der Waals surface area contributed by atoms with Crippen molar-refractivity contribution in [1.82, 2.24) is 10.2 Å². The lowest BCUT2D eigenvalue weighted by atomic mass is 10.2. The van der Waals surface area contributed by atoms with Crippen LogP contribution in [0.5, 0.6) is 0 Å². The predicted molar refractivity (Wildman–Crippen MR) is 110 cm³/mol. The molecule has 0 N–H and O–H groups in total. The number of aromatic nitrogens is 2. The van der Waals surface area contributed by atoms with Gasteiger partial charge in [-0.1, -0.05) is 51.7 Å². The van der Waals surface area contributed by atoms with Crippen molar-refractivity contribution in [1.29, 1.82) is 0 Å². The molecule has 2 aromatic carbocycles. The Morgan fingerprint density at radius 2 is 1.85 bits per heavy atom. The zero-order valence-electron chi connectivity index (χ0n) is 13.8. The molecule has 0 radical (unpaired) electrons. The summed E-state index contributed by atoms with van der Waals surface area (Å²) in [6.07, 6.45) is 0. The molecule has 0 saturated carbocycles. The number of benzene rings is 2. The van der Waals surface area contributed by atoms with Crippen LogP contribution in [0.1, 0.15) is 10.4 Å². The van der Waals surface area contributed by atoms with Crippen LogP contribution in [0.2, 0.25) is 0 Å². The molecule has 0 aliphatic carbocycles. The molecular formula is C19H12Br2N2O3S. The first kappa shape index (κ1) is 19.7. The zero-order valence-corrected chi connectivity index (χ0v) is 17.8. The van der Waals surface area contributed by atoms with Gasteiger partial charge in [0.25, 0.3) is 5.22 Å². The lowest BCUT2D eigenvalue weighted by molar-refractivity contribution is 0.0556. The van der Waals surface area contributed by atoms with Crippen LogP contribution in [-0.4, -0.2) is 28.5 Å². The summed E-state index contributed by atoms with van der Waals surface area (Å²) < 4.78 is 12.5. The minimum atomic E-state index is -0.403. The van der Waals surface area contributed by atoms with Gasteiger partial charge in [0.1, 0.15) is 0 Å². The Balaban J connectivity index is 1.45. The number of hydrogen-bond acceptors (Lipinski definition) is 6. The maximum atomic E-state index is 11.8. The van der Waals surface area contributed by atoms with Crippen LogP contribution in [0.15, 0.2) is 67.1 Å². The second-order valence-electron chi connectivity index (χ2n) is 5.08. The molecule has 1 aromatic heterocycles. The van der Waals surface area contributed by atoms with E-state index in [-0.39, 0.29) is 6.61 Å². The van der Waals surface area contributed by atoms with Crippen molar-refractivity contribution >= 4 is 49.6 Å². The lowest BCUT2D eigenvalue weighted by Gasteiger charge is -2.00. The summed E-state index contributed by atoms with van der Waals surface area (Å²) in [5, 5.41) is 8.46. The molecule has 0 unspecified atom stereocenters. The van der Waals surface area contributed by atoms with E-state index < -0.39 is 5.97 Å². The average molecular weight is 508 g/mol. The fourth-order valence-corrected chi connectivity index (χ4v) is 3.24. The third kappa shape index (κ3) is 5.70. The molecule has 0 spiro atoms. The number of hydrogen-bond donors (Lipinski definition) is 0. The number of carbonyl (C=O) groups is 1. The smallest absolute Gasteiger partial charge is 0.339 e. The average Bonchev–Trinajstić information content (AvgIpc) is 3.14. The Morgan fingerprint density at radius 3 is 2.63 bits per heavy atom. The SMILES string of the molecule is O=C(OCC#CCSc1nnc(-c2ccccc2Br)o1)c1ccc(Br)cc1. The van der Waals surface area contributed by atoms with Gasteiger partial charge in [-0.15, -0.1) is 10.2 Å². The molecule has 3 aromatic rings. The van der Waals surface area contributed by atoms with Gasteiger partial charge in [-0.3, -0.25) is 0 Å². The van der Waals surface area contributed by atoms with E-state index in [1.807, 2.05) is 24.3 Å². The van der Waals surface area contributed by atoms with E-state index in [1.54, 1.807) is 24.3 Å². The number of halogens is 2. The second kappa shape index (κ2) is 9.74. The molecular weight excluding hydrogens is 496 g/mol. The van der Waals surface area contributed by atoms with Crippen LogP contribution in [0, 0.1) is 11.8 Å². The van der Waals surface area contributed by atoms with E-state index >= 15 is 0 Å². The topological polar surface area (TPSA) is 65.2 Å². The highest BCUT2D eigenvalue weighted by atomic mass is 79.9. The molecule has 0 saturated heterocycles. The summed E-state index contributed by atoms with van der Waals surface area (Å²) in [6, 6.07) is 14.6. The monoisotopic (exact) mass is 506 g/mol. The van der Waals surface area contributed by atoms with E-state index in [9.17, 15) is 4.79 Å². The van der Waals surface area contributed by atoms with Gasteiger partial charge < -0.3 is 9.15 Å². The Morgan fingerprint density at radius 1 is 1.07 bits per heavy atom. The minimum Gasteiger partial charge on any atom is -0.449 e. The van der Waals surface area contributed by atoms with Gasteiger partial charge in [0.2, 0.25) is 5.89 Å². The van der Waals surface area contributed by atoms with Gasteiger partial charge in [-0.05, 0) is 52.3 Å². The summed E-state index contributed by atoms with van der Waals surface area (Å²) in [5.74, 6) is 6.19. The van der Waals surface area contributed by atoms with E-state index in [4.69, 9.17) is 9.15 Å². The van der Waals surface area contributed by atoms with Gasteiger partial charge in [-0.25, -0.2) is 4.79 Å². The maximum absolute atomic E-state index is 11.8. The van der Waals surface area contributed by atoms with Crippen LogP contribution in [0.25, 0.3) is 11.5 Å². The largest absolute Gasteiger partial charge is 0.449 e. The van der Waals surface area contributed by atoms with Crippen LogP contribution in [0.4, 0.5) is 0 Å². The second-order valence-corrected chi connectivity index (χ2v) is 7.77. The van der Waals surface area contributed by atoms with E-state index in [1.165, 1.54) is 11.8 Å². The number of rotatable bonds is 5. The van der Waals surface area contributed by atoms with Crippen molar-refractivity contribution in [2.75, 3.05) is 12.4 Å². The standard InChI is InChI=1S/C19H12Br2N2O3S/c20-14-9-7-13(8-10-14)18(24)25-11-3-4-12-27-19-23-22-17(26-19)15-5-1-2-6-16(15)21/h1-2,5-10H,11-12H2. The molecule has 0 fully saturated rings.